The first kappa shape index (κ1) is 13.5. The van der Waals surface area contributed by atoms with E-state index in [1.54, 1.807) is 12.1 Å². The number of benzene rings is 1. The van der Waals surface area contributed by atoms with Crippen molar-refractivity contribution in [2.45, 2.75) is 13.3 Å². The lowest BCUT2D eigenvalue weighted by atomic mass is 10.2. The highest BCUT2D eigenvalue weighted by molar-refractivity contribution is 9.10. The zero-order valence-electron chi connectivity index (χ0n) is 9.29. The fraction of sp³-hybridized carbons (Fsp3) is 0.273. The predicted octanol–water partition coefficient (Wildman–Crippen LogP) is 2.35. The van der Waals surface area contributed by atoms with Crippen LogP contribution in [0.3, 0.4) is 0 Å². The summed E-state index contributed by atoms with van der Waals surface area (Å²) in [4.78, 5) is 21.6. The predicted molar refractivity (Wildman–Crippen MR) is 68.2 cm³/mol. The molecule has 1 aromatic carbocycles. The van der Waals surface area contributed by atoms with Gasteiger partial charge in [-0.05, 0) is 24.6 Å². The first-order valence-corrected chi connectivity index (χ1v) is 5.81. The van der Waals surface area contributed by atoms with E-state index in [9.17, 15) is 9.59 Å². The third kappa shape index (κ3) is 4.86. The molecule has 0 bridgehead atoms. The Labute approximate surface area is 107 Å². The summed E-state index contributed by atoms with van der Waals surface area (Å²) in [5.41, 5.74) is 1.72. The zero-order valence-corrected chi connectivity index (χ0v) is 10.9. The second-order valence-electron chi connectivity index (χ2n) is 3.49. The van der Waals surface area contributed by atoms with Crippen LogP contribution in [0.4, 0.5) is 10.5 Å². The van der Waals surface area contributed by atoms with Gasteiger partial charge in [-0.3, -0.25) is 4.79 Å². The van der Waals surface area contributed by atoms with Crippen molar-refractivity contribution >= 4 is 33.6 Å². The molecule has 0 radical (unpaired) electrons. The second-order valence-corrected chi connectivity index (χ2v) is 4.34. The molecule has 0 aliphatic carbocycles. The highest BCUT2D eigenvalue weighted by Gasteiger charge is 2.03. The van der Waals surface area contributed by atoms with Gasteiger partial charge in [-0.1, -0.05) is 22.0 Å². The molecule has 0 spiro atoms. The van der Waals surface area contributed by atoms with E-state index in [0.29, 0.717) is 5.69 Å². The molecular formula is C11H13BrN2O3. The van der Waals surface area contributed by atoms with Gasteiger partial charge >= 0.3 is 12.0 Å². The molecule has 0 unspecified atom stereocenters. The molecule has 0 aliphatic rings. The van der Waals surface area contributed by atoms with Gasteiger partial charge in [0.25, 0.3) is 0 Å². The van der Waals surface area contributed by atoms with Crippen LogP contribution in [0.15, 0.2) is 22.7 Å². The van der Waals surface area contributed by atoms with Crippen molar-refractivity contribution in [1.82, 2.24) is 5.32 Å². The maximum atomic E-state index is 11.4. The molecule has 1 aromatic rings. The average molecular weight is 301 g/mol. The van der Waals surface area contributed by atoms with E-state index in [-0.39, 0.29) is 13.0 Å². The molecule has 17 heavy (non-hydrogen) atoms. The highest BCUT2D eigenvalue weighted by Crippen LogP contribution is 2.20. The van der Waals surface area contributed by atoms with Gasteiger partial charge in [0.05, 0.1) is 6.42 Å². The van der Waals surface area contributed by atoms with Crippen LogP contribution < -0.4 is 10.6 Å². The summed E-state index contributed by atoms with van der Waals surface area (Å²) in [6, 6.07) is 5.02. The summed E-state index contributed by atoms with van der Waals surface area (Å²) < 4.78 is 0.904. The van der Waals surface area contributed by atoms with Crippen molar-refractivity contribution in [3.05, 3.63) is 28.2 Å². The van der Waals surface area contributed by atoms with E-state index in [2.05, 4.69) is 26.6 Å². The largest absolute Gasteiger partial charge is 0.481 e. The molecule has 6 heteroatoms. The Hall–Kier alpha value is -1.56. The van der Waals surface area contributed by atoms with Crippen molar-refractivity contribution in [2.24, 2.45) is 0 Å². The normalized spacial score (nSPS) is 9.76. The molecule has 0 heterocycles. The van der Waals surface area contributed by atoms with Crippen LogP contribution in [0.2, 0.25) is 0 Å². The average Bonchev–Trinajstić information content (AvgIpc) is 2.23. The number of carboxylic acids is 1. The van der Waals surface area contributed by atoms with E-state index in [1.165, 1.54) is 0 Å². The standard InChI is InChI=1S/C11H13BrN2O3/c1-7-2-3-8(6-9(7)12)14-11(17)13-5-4-10(15)16/h2-3,6H,4-5H2,1H3,(H,15,16)(H2,13,14,17). The van der Waals surface area contributed by atoms with Crippen LogP contribution >= 0.6 is 15.9 Å². The molecule has 0 saturated carbocycles. The van der Waals surface area contributed by atoms with E-state index in [1.807, 2.05) is 13.0 Å². The van der Waals surface area contributed by atoms with Gasteiger partial charge in [-0.2, -0.15) is 0 Å². The Morgan fingerprint density at radius 1 is 1.41 bits per heavy atom. The van der Waals surface area contributed by atoms with E-state index < -0.39 is 12.0 Å². The van der Waals surface area contributed by atoms with Crippen molar-refractivity contribution in [3.63, 3.8) is 0 Å². The lowest BCUT2D eigenvalue weighted by molar-refractivity contribution is -0.136. The molecular weight excluding hydrogens is 288 g/mol. The molecule has 0 atom stereocenters. The lowest BCUT2D eigenvalue weighted by Crippen LogP contribution is -2.30. The summed E-state index contributed by atoms with van der Waals surface area (Å²) in [5, 5.41) is 13.5. The van der Waals surface area contributed by atoms with Crippen molar-refractivity contribution in [2.75, 3.05) is 11.9 Å². The lowest BCUT2D eigenvalue weighted by Gasteiger charge is -2.07. The third-order valence-corrected chi connectivity index (χ3v) is 2.91. The first-order valence-electron chi connectivity index (χ1n) is 5.02. The van der Waals surface area contributed by atoms with Crippen molar-refractivity contribution < 1.29 is 14.7 Å². The number of carbonyl (C=O) groups excluding carboxylic acids is 1. The van der Waals surface area contributed by atoms with Gasteiger partial charge in [0, 0.05) is 16.7 Å². The third-order valence-electron chi connectivity index (χ3n) is 2.05. The summed E-state index contributed by atoms with van der Waals surface area (Å²) in [6.07, 6.45) is -0.0922. The van der Waals surface area contributed by atoms with Crippen LogP contribution in [0, 0.1) is 6.92 Å². The van der Waals surface area contributed by atoms with Gasteiger partial charge in [0.2, 0.25) is 0 Å². The minimum absolute atomic E-state index is 0.0922. The summed E-state index contributed by atoms with van der Waals surface area (Å²) in [7, 11) is 0. The molecule has 2 amide bonds. The van der Waals surface area contributed by atoms with Gasteiger partial charge in [0.15, 0.2) is 0 Å². The van der Waals surface area contributed by atoms with Crippen molar-refractivity contribution in [1.29, 1.82) is 0 Å². The molecule has 3 N–H and O–H groups in total. The molecule has 5 nitrogen and oxygen atoms in total. The SMILES string of the molecule is Cc1ccc(NC(=O)NCCC(=O)O)cc1Br. The molecule has 92 valence electrons. The number of aryl methyl sites for hydroxylation is 1. The minimum atomic E-state index is -0.941. The number of anilines is 1. The Morgan fingerprint density at radius 3 is 2.71 bits per heavy atom. The number of halogens is 1. The topological polar surface area (TPSA) is 78.4 Å². The molecule has 0 fully saturated rings. The number of amides is 2. The van der Waals surface area contributed by atoms with Crippen LogP contribution in [0.25, 0.3) is 0 Å². The number of nitrogens with one attached hydrogen (secondary N) is 2. The number of carbonyl (C=O) groups is 2. The summed E-state index contributed by atoms with van der Waals surface area (Å²) in [6.45, 7) is 2.05. The Bertz CT molecular complexity index is 435. The van der Waals surface area contributed by atoms with E-state index >= 15 is 0 Å². The zero-order chi connectivity index (χ0) is 12.8. The second kappa shape index (κ2) is 6.24. The van der Waals surface area contributed by atoms with Crippen LogP contribution in [0.5, 0.6) is 0 Å². The maximum absolute atomic E-state index is 11.4. The molecule has 1 rings (SSSR count). The smallest absolute Gasteiger partial charge is 0.319 e. The monoisotopic (exact) mass is 300 g/mol. The molecule has 0 saturated heterocycles. The van der Waals surface area contributed by atoms with Crippen molar-refractivity contribution in [3.8, 4) is 0 Å². The van der Waals surface area contributed by atoms with Gasteiger partial charge in [-0.15, -0.1) is 0 Å². The van der Waals surface area contributed by atoms with E-state index in [0.717, 1.165) is 10.0 Å². The van der Waals surface area contributed by atoms with E-state index in [4.69, 9.17) is 5.11 Å². The van der Waals surface area contributed by atoms with Gasteiger partial charge in [-0.25, -0.2) is 4.79 Å². The Morgan fingerprint density at radius 2 is 2.12 bits per heavy atom. The molecule has 0 aromatic heterocycles. The minimum Gasteiger partial charge on any atom is -0.481 e. The number of hydrogen-bond donors (Lipinski definition) is 3. The number of aliphatic carboxylic acids is 1. The van der Waals surface area contributed by atoms with Crippen LogP contribution in [0.1, 0.15) is 12.0 Å². The fourth-order valence-corrected chi connectivity index (χ4v) is 1.51. The number of carboxylic acid groups (broad SMARTS) is 1. The highest BCUT2D eigenvalue weighted by atomic mass is 79.9. The first-order chi connectivity index (χ1) is 7.99. The van der Waals surface area contributed by atoms with Crippen LogP contribution in [-0.2, 0) is 4.79 Å². The number of rotatable bonds is 4. The summed E-state index contributed by atoms with van der Waals surface area (Å²) in [5.74, 6) is -0.941. The maximum Gasteiger partial charge on any atom is 0.319 e. The fourth-order valence-electron chi connectivity index (χ4n) is 1.13. The quantitative estimate of drug-likeness (QED) is 0.799. The van der Waals surface area contributed by atoms with Gasteiger partial charge in [0.1, 0.15) is 0 Å². The van der Waals surface area contributed by atoms with Crippen LogP contribution in [-0.4, -0.2) is 23.7 Å². The summed E-state index contributed by atoms with van der Waals surface area (Å²) >= 11 is 3.36. The van der Waals surface area contributed by atoms with Gasteiger partial charge < -0.3 is 15.7 Å². The Balaban J connectivity index is 2.45. The Kier molecular flexibility index (Phi) is 4.96. The number of hydrogen-bond acceptors (Lipinski definition) is 2. The number of urea groups is 1. The molecule has 0 aliphatic heterocycles.